The molecule has 16 nitrogen and oxygen atoms in total. The summed E-state index contributed by atoms with van der Waals surface area (Å²) in [6.45, 7) is -1.30. The van der Waals surface area contributed by atoms with E-state index in [1.165, 1.54) is 0 Å². The highest BCUT2D eigenvalue weighted by atomic mass is 16.4. The first kappa shape index (κ1) is 29.2. The SMILES string of the molecule is NCCCC[C@@H]1NC(=O)[C@H](CC(=O)O)NC(=O)[C@H](CC(=O)O)NC(=O)CNC(=O)[C@H](CO)NC1=O. The van der Waals surface area contributed by atoms with Crippen LogP contribution in [0, 0.1) is 0 Å². The highest BCUT2D eigenvalue weighted by molar-refractivity contribution is 5.98. The van der Waals surface area contributed by atoms with Crippen LogP contribution in [0.5, 0.6) is 0 Å². The van der Waals surface area contributed by atoms with Gasteiger partial charge in [-0.2, -0.15) is 0 Å². The Hall–Kier alpha value is -3.79. The summed E-state index contributed by atoms with van der Waals surface area (Å²) < 4.78 is 0. The van der Waals surface area contributed by atoms with Crippen molar-refractivity contribution in [1.82, 2.24) is 26.6 Å². The van der Waals surface area contributed by atoms with Crippen LogP contribution in [-0.2, 0) is 33.6 Å². The third-order valence-electron chi connectivity index (χ3n) is 4.86. The van der Waals surface area contributed by atoms with E-state index >= 15 is 0 Å². The fourth-order valence-corrected chi connectivity index (χ4v) is 3.08. The lowest BCUT2D eigenvalue weighted by molar-refractivity contribution is -0.143. The van der Waals surface area contributed by atoms with Gasteiger partial charge < -0.3 is 47.6 Å². The summed E-state index contributed by atoms with van der Waals surface area (Å²) in [4.78, 5) is 85.0. The monoisotopic (exact) mass is 502 g/mol. The third kappa shape index (κ3) is 10.3. The van der Waals surface area contributed by atoms with Crippen molar-refractivity contribution in [3.63, 3.8) is 0 Å². The Morgan fingerprint density at radius 2 is 1.23 bits per heavy atom. The lowest BCUT2D eigenvalue weighted by atomic mass is 10.1. The van der Waals surface area contributed by atoms with E-state index < -0.39 is 91.6 Å². The molecule has 0 spiro atoms. The molecular weight excluding hydrogens is 472 g/mol. The van der Waals surface area contributed by atoms with Crippen molar-refractivity contribution < 1.29 is 48.9 Å². The van der Waals surface area contributed by atoms with Crippen molar-refractivity contribution >= 4 is 41.5 Å². The van der Waals surface area contributed by atoms with E-state index in [2.05, 4.69) is 26.6 Å². The lowest BCUT2D eigenvalue weighted by Crippen LogP contribution is -2.58. The number of nitrogens with two attached hydrogens (primary N) is 1. The lowest BCUT2D eigenvalue weighted by Gasteiger charge is -2.24. The van der Waals surface area contributed by atoms with Gasteiger partial charge in [0.25, 0.3) is 0 Å². The zero-order valence-electron chi connectivity index (χ0n) is 18.7. The van der Waals surface area contributed by atoms with Crippen LogP contribution < -0.4 is 32.3 Å². The van der Waals surface area contributed by atoms with Crippen LogP contribution in [0.4, 0.5) is 0 Å². The Bertz CT molecular complexity index is 835. The number of aliphatic hydroxyl groups is 1. The molecule has 35 heavy (non-hydrogen) atoms. The number of carboxylic acid groups (broad SMARTS) is 2. The van der Waals surface area contributed by atoms with E-state index in [1.807, 2.05) is 0 Å². The quantitative estimate of drug-likeness (QED) is 0.135. The van der Waals surface area contributed by atoms with Crippen LogP contribution in [0.3, 0.4) is 0 Å². The second kappa shape index (κ2) is 14.5. The Morgan fingerprint density at radius 3 is 1.74 bits per heavy atom. The summed E-state index contributed by atoms with van der Waals surface area (Å²) in [6, 6.07) is -6.22. The molecule has 0 aromatic heterocycles. The molecule has 1 saturated heterocycles. The number of amides is 5. The fourth-order valence-electron chi connectivity index (χ4n) is 3.08. The third-order valence-corrected chi connectivity index (χ3v) is 4.86. The van der Waals surface area contributed by atoms with E-state index in [0.717, 1.165) is 0 Å². The number of hydrogen-bond donors (Lipinski definition) is 9. The number of nitrogens with one attached hydrogen (secondary N) is 5. The largest absolute Gasteiger partial charge is 0.481 e. The number of aliphatic hydroxyl groups excluding tert-OH is 1. The molecule has 16 heteroatoms. The summed E-state index contributed by atoms with van der Waals surface area (Å²) in [6.07, 6.45) is -0.955. The number of aliphatic carboxylic acids is 2. The minimum Gasteiger partial charge on any atom is -0.481 e. The molecule has 5 amide bonds. The number of carbonyl (C=O) groups is 7. The van der Waals surface area contributed by atoms with Gasteiger partial charge in [0.1, 0.15) is 24.2 Å². The Morgan fingerprint density at radius 1 is 0.743 bits per heavy atom. The van der Waals surface area contributed by atoms with Gasteiger partial charge in [0, 0.05) is 0 Å². The number of carbonyl (C=O) groups excluding carboxylic acids is 5. The van der Waals surface area contributed by atoms with Gasteiger partial charge >= 0.3 is 11.9 Å². The molecule has 1 aliphatic heterocycles. The van der Waals surface area contributed by atoms with E-state index in [9.17, 15) is 38.7 Å². The molecule has 0 saturated carbocycles. The molecule has 4 atom stereocenters. The molecule has 0 unspecified atom stereocenters. The maximum absolute atomic E-state index is 12.8. The first-order chi connectivity index (χ1) is 16.5. The maximum Gasteiger partial charge on any atom is 0.305 e. The molecule has 196 valence electrons. The normalized spacial score (nSPS) is 24.6. The van der Waals surface area contributed by atoms with Gasteiger partial charge in [-0.25, -0.2) is 0 Å². The Kier molecular flexibility index (Phi) is 12.1. The summed E-state index contributed by atoms with van der Waals surface area (Å²) in [5.41, 5.74) is 5.44. The van der Waals surface area contributed by atoms with Crippen LogP contribution >= 0.6 is 0 Å². The number of carboxylic acids is 2. The molecule has 1 rings (SSSR count). The first-order valence-electron chi connectivity index (χ1n) is 10.7. The minimum atomic E-state index is -1.73. The zero-order valence-corrected chi connectivity index (χ0v) is 18.7. The highest BCUT2D eigenvalue weighted by Gasteiger charge is 2.33. The van der Waals surface area contributed by atoms with Crippen molar-refractivity contribution in [2.45, 2.75) is 56.3 Å². The van der Waals surface area contributed by atoms with E-state index in [1.54, 1.807) is 0 Å². The van der Waals surface area contributed by atoms with E-state index in [0.29, 0.717) is 12.8 Å². The van der Waals surface area contributed by atoms with E-state index in [-0.39, 0.29) is 13.0 Å². The van der Waals surface area contributed by atoms with Gasteiger partial charge in [-0.3, -0.25) is 33.6 Å². The second-order valence-corrected chi connectivity index (χ2v) is 7.68. The molecule has 1 heterocycles. The topological polar surface area (TPSA) is 266 Å². The Labute approximate surface area is 199 Å². The summed E-state index contributed by atoms with van der Waals surface area (Å²) in [5, 5.41) is 38.6. The van der Waals surface area contributed by atoms with Crippen molar-refractivity contribution in [2.24, 2.45) is 5.73 Å². The van der Waals surface area contributed by atoms with Gasteiger partial charge in [-0.1, -0.05) is 0 Å². The average molecular weight is 502 g/mol. The van der Waals surface area contributed by atoms with Crippen LogP contribution in [0.1, 0.15) is 32.1 Å². The molecule has 1 aliphatic rings. The molecule has 0 aromatic rings. The number of rotatable bonds is 9. The molecular formula is C19H30N6O10. The zero-order chi connectivity index (χ0) is 26.5. The molecule has 10 N–H and O–H groups in total. The fraction of sp³-hybridized carbons (Fsp3) is 0.632. The number of unbranched alkanes of at least 4 members (excludes halogenated alkanes) is 1. The van der Waals surface area contributed by atoms with Gasteiger partial charge in [0.05, 0.1) is 26.0 Å². The smallest absolute Gasteiger partial charge is 0.305 e. The molecule has 0 aliphatic carbocycles. The first-order valence-corrected chi connectivity index (χ1v) is 10.7. The van der Waals surface area contributed by atoms with Crippen molar-refractivity contribution in [1.29, 1.82) is 0 Å². The van der Waals surface area contributed by atoms with Crippen LogP contribution in [0.25, 0.3) is 0 Å². The number of hydrogen-bond acceptors (Lipinski definition) is 9. The summed E-state index contributed by atoms with van der Waals surface area (Å²) >= 11 is 0. The summed E-state index contributed by atoms with van der Waals surface area (Å²) in [7, 11) is 0. The van der Waals surface area contributed by atoms with Crippen LogP contribution in [-0.4, -0.2) is 101 Å². The minimum absolute atomic E-state index is 0.0317. The van der Waals surface area contributed by atoms with Crippen LogP contribution in [0.2, 0.25) is 0 Å². The van der Waals surface area contributed by atoms with Gasteiger partial charge in [-0.05, 0) is 25.8 Å². The standard InChI is InChI=1S/C19H30N6O10/c20-4-2-1-3-9-17(33)25-12(8-26)16(32)21-7-13(27)22-10(5-14(28)29)18(34)24-11(6-15(30)31)19(35)23-9/h9-12,26H,1-8,20H2,(H,21,32)(H,22,27)(H,23,35)(H,24,34)(H,25,33)(H,28,29)(H,30,31)/t9-,10-,11-,12-/m0/s1. The average Bonchev–Trinajstić information content (AvgIpc) is 2.78. The summed E-state index contributed by atoms with van der Waals surface area (Å²) in [5.74, 6) is -8.04. The predicted octanol–water partition coefficient (Wildman–Crippen LogP) is -4.87. The maximum atomic E-state index is 12.8. The highest BCUT2D eigenvalue weighted by Crippen LogP contribution is 2.05. The second-order valence-electron chi connectivity index (χ2n) is 7.68. The molecule has 0 aromatic carbocycles. The molecule has 0 radical (unpaired) electrons. The van der Waals surface area contributed by atoms with Gasteiger partial charge in [0.2, 0.25) is 29.5 Å². The molecule has 0 bridgehead atoms. The molecule has 1 fully saturated rings. The van der Waals surface area contributed by atoms with Crippen molar-refractivity contribution in [3.05, 3.63) is 0 Å². The Balaban J connectivity index is 3.33. The van der Waals surface area contributed by atoms with Crippen LogP contribution in [0.15, 0.2) is 0 Å². The van der Waals surface area contributed by atoms with Crippen molar-refractivity contribution in [3.8, 4) is 0 Å². The van der Waals surface area contributed by atoms with E-state index in [4.69, 9.17) is 15.9 Å². The predicted molar refractivity (Wildman–Crippen MR) is 115 cm³/mol. The van der Waals surface area contributed by atoms with Crippen molar-refractivity contribution in [2.75, 3.05) is 19.7 Å². The van der Waals surface area contributed by atoms with Gasteiger partial charge in [-0.15, -0.1) is 0 Å². The van der Waals surface area contributed by atoms with Gasteiger partial charge in [0.15, 0.2) is 0 Å².